The zero-order valence-electron chi connectivity index (χ0n) is 43.5. The Labute approximate surface area is 456 Å². The Morgan fingerprint density at radius 1 is 0.291 bits per heavy atom. The van der Waals surface area contributed by atoms with Crippen molar-refractivity contribution in [2.45, 2.75) is 19.3 Å². The summed E-state index contributed by atoms with van der Waals surface area (Å²) in [6.07, 6.45) is 0. The largest absolute Gasteiger partial charge is 0.454 e. The zero-order chi connectivity index (χ0) is 52.1. The molecule has 0 radical (unpaired) electrons. The van der Waals surface area contributed by atoms with Crippen LogP contribution in [-0.2, 0) is 5.41 Å². The molecule has 0 saturated carbocycles. The molecule has 13 aromatic carbocycles. The van der Waals surface area contributed by atoms with Crippen LogP contribution in [0.2, 0.25) is 0 Å². The third kappa shape index (κ3) is 6.25. The van der Waals surface area contributed by atoms with Crippen molar-refractivity contribution in [2.24, 2.45) is 0 Å². The molecule has 0 amide bonds. The van der Waals surface area contributed by atoms with Crippen molar-refractivity contribution in [3.05, 3.63) is 288 Å². The van der Waals surface area contributed by atoms with Crippen LogP contribution in [0.5, 0.6) is 0 Å². The Morgan fingerprint density at radius 3 is 1.30 bits per heavy atom. The first-order chi connectivity index (χ1) is 39.0. The first-order valence-corrected chi connectivity index (χ1v) is 27.3. The lowest BCUT2D eigenvalue weighted by atomic mass is 9.70. The van der Waals surface area contributed by atoms with Gasteiger partial charge in [0.05, 0.1) is 16.8 Å². The maximum Gasteiger partial charge on any atom is 0.159 e. The van der Waals surface area contributed by atoms with E-state index in [1.54, 1.807) is 0 Å². The van der Waals surface area contributed by atoms with Gasteiger partial charge in [-0.05, 0) is 188 Å². The number of rotatable bonds is 6. The van der Waals surface area contributed by atoms with Crippen LogP contribution in [0.4, 0.5) is 34.1 Å². The number of aryl methyl sites for hydroxylation is 2. The molecule has 0 aliphatic heterocycles. The van der Waals surface area contributed by atoms with E-state index >= 15 is 0 Å². The van der Waals surface area contributed by atoms with E-state index in [9.17, 15) is 0 Å². The van der Waals surface area contributed by atoms with E-state index in [0.29, 0.717) is 0 Å². The van der Waals surface area contributed by atoms with Gasteiger partial charge in [-0.15, -0.1) is 0 Å². The lowest BCUT2D eigenvalue weighted by Crippen LogP contribution is -2.26. The number of anilines is 6. The number of furan rings is 2. The second-order valence-electron chi connectivity index (χ2n) is 21.7. The molecule has 79 heavy (non-hydrogen) atoms. The van der Waals surface area contributed by atoms with Crippen LogP contribution in [0.3, 0.4) is 0 Å². The second-order valence-corrected chi connectivity index (χ2v) is 21.7. The third-order valence-corrected chi connectivity index (χ3v) is 17.3. The van der Waals surface area contributed by atoms with Crippen molar-refractivity contribution in [2.75, 3.05) is 9.80 Å². The molecule has 0 atom stereocenters. The molecule has 0 unspecified atom stereocenters. The predicted molar refractivity (Wildman–Crippen MR) is 329 cm³/mol. The van der Waals surface area contributed by atoms with Crippen molar-refractivity contribution in [1.29, 1.82) is 0 Å². The molecule has 4 heteroatoms. The van der Waals surface area contributed by atoms with Crippen LogP contribution >= 0.6 is 0 Å². The SMILES string of the molecule is Cc1ccc(N(c2ccc3cc4c(cc3c2)C2(c3cc5cc(N(c6ccc(C)cc6)c6cccc7c6oc6ccccc67)ccc5cc3-4)c3ccccc3-c3c2ccc2ccccc32)c2cccc3c2oc2ccccc23)cc1. The van der Waals surface area contributed by atoms with E-state index in [1.807, 2.05) is 12.1 Å². The van der Waals surface area contributed by atoms with Gasteiger partial charge in [0, 0.05) is 44.3 Å². The highest BCUT2D eigenvalue weighted by molar-refractivity contribution is 6.13. The lowest BCUT2D eigenvalue weighted by molar-refractivity contribution is 0.668. The number of benzene rings is 13. The van der Waals surface area contributed by atoms with Gasteiger partial charge in [-0.1, -0.05) is 169 Å². The number of nitrogens with zero attached hydrogens (tertiary/aromatic N) is 2. The second kappa shape index (κ2) is 16.4. The molecule has 17 rings (SSSR count). The monoisotopic (exact) mass is 1010 g/mol. The van der Waals surface area contributed by atoms with Gasteiger partial charge in [0.15, 0.2) is 11.2 Å². The molecule has 370 valence electrons. The Morgan fingerprint density at radius 2 is 0.747 bits per heavy atom. The average molecular weight is 1010 g/mol. The normalized spacial score (nSPS) is 13.0. The molecule has 0 bridgehead atoms. The molecule has 15 aromatic rings. The van der Waals surface area contributed by atoms with Gasteiger partial charge < -0.3 is 18.6 Å². The summed E-state index contributed by atoms with van der Waals surface area (Å²) in [5, 5.41) is 11.6. The van der Waals surface area contributed by atoms with Crippen LogP contribution in [0.1, 0.15) is 33.4 Å². The summed E-state index contributed by atoms with van der Waals surface area (Å²) in [6, 6.07) is 94.2. The topological polar surface area (TPSA) is 32.8 Å². The van der Waals surface area contributed by atoms with Gasteiger partial charge in [-0.3, -0.25) is 0 Å². The van der Waals surface area contributed by atoms with Gasteiger partial charge in [0.2, 0.25) is 0 Å². The summed E-state index contributed by atoms with van der Waals surface area (Å²) >= 11 is 0. The molecule has 0 N–H and O–H groups in total. The number of hydrogen-bond acceptors (Lipinski definition) is 4. The third-order valence-electron chi connectivity index (χ3n) is 17.3. The molecule has 2 aromatic heterocycles. The molecule has 0 fully saturated rings. The summed E-state index contributed by atoms with van der Waals surface area (Å²) in [5.41, 5.74) is 21.8. The van der Waals surface area contributed by atoms with Crippen molar-refractivity contribution >= 4 is 110 Å². The standard InChI is InChI=1S/C75H48N2O2/c1-45-25-32-52(33-26-45)76(68-21-11-18-59-57-15-6-9-23-70(57)78-73(59)68)54-36-29-48-41-62-63-42-49-30-37-55(77(53-34-27-46(2)28-35-53)69-22-12-19-60-58-16-7-10-24-71(58)79-74(60)69)40-51(49)44-67(63)75(66(62)43-50(48)39-54)64-20-8-5-17-61(64)72-56-14-4-3-13-47(56)31-38-65(72)75/h3-44H,1-2H3. The van der Waals surface area contributed by atoms with Crippen LogP contribution in [-0.4, -0.2) is 0 Å². The molecule has 2 aliphatic rings. The minimum Gasteiger partial charge on any atom is -0.454 e. The molecule has 2 aliphatic carbocycles. The van der Waals surface area contributed by atoms with Gasteiger partial charge in [0.25, 0.3) is 0 Å². The van der Waals surface area contributed by atoms with Gasteiger partial charge >= 0.3 is 0 Å². The van der Waals surface area contributed by atoms with Crippen LogP contribution < -0.4 is 9.80 Å². The Bertz CT molecular complexity index is 4810. The first-order valence-electron chi connectivity index (χ1n) is 27.3. The Kier molecular flexibility index (Phi) is 9.15. The fourth-order valence-corrected chi connectivity index (χ4v) is 13.7. The molecular weight excluding hydrogens is 961 g/mol. The fraction of sp³-hybridized carbons (Fsp3) is 0.0400. The molecular formula is C75H48N2O2. The summed E-state index contributed by atoms with van der Waals surface area (Å²) in [6.45, 7) is 4.29. The van der Waals surface area contributed by atoms with Crippen molar-refractivity contribution < 1.29 is 8.83 Å². The summed E-state index contributed by atoms with van der Waals surface area (Å²) in [4.78, 5) is 4.74. The van der Waals surface area contributed by atoms with Gasteiger partial charge in [0.1, 0.15) is 11.2 Å². The summed E-state index contributed by atoms with van der Waals surface area (Å²) < 4.78 is 13.5. The minimum absolute atomic E-state index is 0.623. The first kappa shape index (κ1) is 44.0. The Balaban J connectivity index is 0.910. The number of para-hydroxylation sites is 4. The van der Waals surface area contributed by atoms with Crippen LogP contribution in [0.15, 0.2) is 264 Å². The molecule has 4 nitrogen and oxygen atoms in total. The lowest BCUT2D eigenvalue weighted by Gasteiger charge is -2.31. The van der Waals surface area contributed by atoms with E-state index < -0.39 is 5.41 Å². The van der Waals surface area contributed by atoms with E-state index in [1.165, 1.54) is 88.0 Å². The quantitative estimate of drug-likeness (QED) is 0.166. The predicted octanol–water partition coefficient (Wildman–Crippen LogP) is 20.8. The van der Waals surface area contributed by atoms with Crippen LogP contribution in [0.25, 0.3) is 98.4 Å². The minimum atomic E-state index is -0.623. The van der Waals surface area contributed by atoms with E-state index in [4.69, 9.17) is 8.83 Å². The highest BCUT2D eigenvalue weighted by Crippen LogP contribution is 2.65. The van der Waals surface area contributed by atoms with Gasteiger partial charge in [-0.2, -0.15) is 0 Å². The highest BCUT2D eigenvalue weighted by Gasteiger charge is 2.52. The average Bonchev–Trinajstić information content (AvgIpc) is 2.44. The van der Waals surface area contributed by atoms with E-state index in [-0.39, 0.29) is 0 Å². The molecule has 2 heterocycles. The van der Waals surface area contributed by atoms with Gasteiger partial charge in [-0.25, -0.2) is 0 Å². The summed E-state index contributed by atoms with van der Waals surface area (Å²) in [5.74, 6) is 0. The smallest absolute Gasteiger partial charge is 0.159 e. The van der Waals surface area contributed by atoms with E-state index in [0.717, 1.165) is 78.0 Å². The zero-order valence-corrected chi connectivity index (χ0v) is 43.5. The van der Waals surface area contributed by atoms with E-state index in [2.05, 4.69) is 266 Å². The maximum absolute atomic E-state index is 6.76. The highest BCUT2D eigenvalue weighted by atomic mass is 16.3. The van der Waals surface area contributed by atoms with Crippen molar-refractivity contribution in [3.63, 3.8) is 0 Å². The maximum atomic E-state index is 6.76. The van der Waals surface area contributed by atoms with Crippen molar-refractivity contribution in [3.8, 4) is 22.3 Å². The molecule has 1 spiro atoms. The van der Waals surface area contributed by atoms with Crippen molar-refractivity contribution in [1.82, 2.24) is 0 Å². The fourth-order valence-electron chi connectivity index (χ4n) is 13.7. The summed E-state index contributed by atoms with van der Waals surface area (Å²) in [7, 11) is 0. The Hall–Kier alpha value is -10.2. The molecule has 0 saturated heterocycles. The number of fused-ring (bicyclic) bond motifs is 20. The number of hydrogen-bond donors (Lipinski definition) is 0. The van der Waals surface area contributed by atoms with Crippen LogP contribution in [0, 0.1) is 13.8 Å².